The molecule has 0 bridgehead atoms. The molecule has 1 aliphatic rings. The average Bonchev–Trinajstić information content (AvgIpc) is 2.80. The van der Waals surface area contributed by atoms with Crippen LogP contribution in [0, 0.1) is 17.5 Å². The van der Waals surface area contributed by atoms with Gasteiger partial charge in [-0.25, -0.2) is 22.8 Å². The van der Waals surface area contributed by atoms with Gasteiger partial charge in [0.25, 0.3) is 0 Å². The molecule has 1 N–H and O–H groups in total. The van der Waals surface area contributed by atoms with Crippen LogP contribution < -0.4 is 5.32 Å². The fraction of sp³-hybridized carbons (Fsp3) is 0. The molecule has 0 amide bonds. The lowest BCUT2D eigenvalue weighted by Gasteiger charge is -2.11. The summed E-state index contributed by atoms with van der Waals surface area (Å²) in [6.07, 6.45) is 3.93. The van der Waals surface area contributed by atoms with Gasteiger partial charge in [0.1, 0.15) is 17.5 Å². The number of aliphatic imine (C=N–C) groups is 1. The molecule has 0 unspecified atom stereocenters. The Balaban J connectivity index is 2.01. The van der Waals surface area contributed by atoms with Crippen LogP contribution >= 0.6 is 0 Å². The first-order valence-electron chi connectivity index (χ1n) is 6.63. The van der Waals surface area contributed by atoms with Crippen molar-refractivity contribution in [2.75, 3.05) is 5.32 Å². The smallest absolute Gasteiger partial charge is 0.194 e. The van der Waals surface area contributed by atoms with Crippen LogP contribution in [0.25, 0.3) is 5.69 Å². The van der Waals surface area contributed by atoms with E-state index in [9.17, 15) is 13.2 Å². The van der Waals surface area contributed by atoms with E-state index in [0.29, 0.717) is 11.4 Å². The SMILES string of the molecule is Fc1cccc(F)c1C1=Nc2c(F)cnn2-c2ccncc2N1. The van der Waals surface area contributed by atoms with Gasteiger partial charge in [-0.15, -0.1) is 0 Å². The Bertz CT molecular complexity index is 928. The second-order valence-corrected chi connectivity index (χ2v) is 4.80. The first-order valence-corrected chi connectivity index (χ1v) is 6.63. The van der Waals surface area contributed by atoms with Gasteiger partial charge in [-0.05, 0) is 18.2 Å². The van der Waals surface area contributed by atoms with Crippen LogP contribution in [-0.4, -0.2) is 20.6 Å². The minimum atomic E-state index is -0.810. The Hall–Kier alpha value is -3.16. The molecule has 3 aromatic rings. The van der Waals surface area contributed by atoms with Crippen molar-refractivity contribution in [2.24, 2.45) is 4.99 Å². The molecule has 0 atom stereocenters. The quantitative estimate of drug-likeness (QED) is 0.750. The van der Waals surface area contributed by atoms with Crippen LogP contribution in [0.1, 0.15) is 5.56 Å². The summed E-state index contributed by atoms with van der Waals surface area (Å²) in [5, 5.41) is 6.71. The molecule has 114 valence electrons. The van der Waals surface area contributed by atoms with E-state index in [1.54, 1.807) is 6.07 Å². The second-order valence-electron chi connectivity index (χ2n) is 4.80. The van der Waals surface area contributed by atoms with Crippen molar-refractivity contribution in [3.8, 4) is 5.69 Å². The maximum atomic E-state index is 14.1. The number of pyridine rings is 1. The maximum absolute atomic E-state index is 14.1. The zero-order valence-electron chi connectivity index (χ0n) is 11.5. The molecule has 0 spiro atoms. The zero-order valence-corrected chi connectivity index (χ0v) is 11.5. The van der Waals surface area contributed by atoms with Crippen LogP contribution in [0.3, 0.4) is 0 Å². The molecule has 2 aromatic heterocycles. The molecule has 8 heteroatoms. The van der Waals surface area contributed by atoms with Gasteiger partial charge in [0.2, 0.25) is 0 Å². The molecular formula is C15H8F3N5. The lowest BCUT2D eigenvalue weighted by molar-refractivity contribution is 0.579. The van der Waals surface area contributed by atoms with Crippen molar-refractivity contribution < 1.29 is 13.2 Å². The van der Waals surface area contributed by atoms with E-state index in [2.05, 4.69) is 20.4 Å². The number of fused-ring (bicyclic) bond motifs is 3. The van der Waals surface area contributed by atoms with Crippen molar-refractivity contribution in [3.05, 3.63) is 65.9 Å². The lowest BCUT2D eigenvalue weighted by Crippen LogP contribution is -2.17. The lowest BCUT2D eigenvalue weighted by atomic mass is 10.1. The van der Waals surface area contributed by atoms with E-state index in [0.717, 1.165) is 18.3 Å². The van der Waals surface area contributed by atoms with Gasteiger partial charge in [0.05, 0.1) is 29.3 Å². The van der Waals surface area contributed by atoms with Gasteiger partial charge < -0.3 is 5.32 Å². The number of nitrogens with zero attached hydrogens (tertiary/aromatic N) is 4. The van der Waals surface area contributed by atoms with Crippen molar-refractivity contribution >= 4 is 17.3 Å². The fourth-order valence-corrected chi connectivity index (χ4v) is 2.37. The number of nitrogens with one attached hydrogen (secondary N) is 1. The molecule has 0 fully saturated rings. The number of halogens is 3. The van der Waals surface area contributed by atoms with Crippen molar-refractivity contribution in [2.45, 2.75) is 0 Å². The Morgan fingerprint density at radius 2 is 1.74 bits per heavy atom. The predicted octanol–water partition coefficient (Wildman–Crippen LogP) is 3.19. The summed E-state index contributed by atoms with van der Waals surface area (Å²) in [6, 6.07) is 5.04. The Labute approximate surface area is 128 Å². The number of amidine groups is 1. The Morgan fingerprint density at radius 1 is 0.957 bits per heavy atom. The molecule has 4 rings (SSSR count). The second kappa shape index (κ2) is 4.94. The van der Waals surface area contributed by atoms with Gasteiger partial charge >= 0.3 is 0 Å². The number of benzene rings is 1. The summed E-state index contributed by atoms with van der Waals surface area (Å²) in [7, 11) is 0. The van der Waals surface area contributed by atoms with E-state index in [1.165, 1.54) is 23.1 Å². The molecule has 0 aliphatic carbocycles. The molecule has 23 heavy (non-hydrogen) atoms. The molecule has 0 saturated heterocycles. The molecule has 5 nitrogen and oxygen atoms in total. The summed E-state index contributed by atoms with van der Waals surface area (Å²) in [4.78, 5) is 7.98. The van der Waals surface area contributed by atoms with Crippen LogP contribution in [0.4, 0.5) is 24.7 Å². The van der Waals surface area contributed by atoms with Crippen molar-refractivity contribution in [1.29, 1.82) is 0 Å². The minimum Gasteiger partial charge on any atom is -0.336 e. The third-order valence-electron chi connectivity index (χ3n) is 3.40. The molecular weight excluding hydrogens is 307 g/mol. The van der Waals surface area contributed by atoms with E-state index in [1.807, 2.05) is 0 Å². The van der Waals surface area contributed by atoms with E-state index >= 15 is 0 Å². The first kappa shape index (κ1) is 13.5. The first-order chi connectivity index (χ1) is 11.1. The summed E-state index contributed by atoms with van der Waals surface area (Å²) < 4.78 is 43.3. The third-order valence-corrected chi connectivity index (χ3v) is 3.40. The van der Waals surface area contributed by atoms with Crippen LogP contribution in [0.2, 0.25) is 0 Å². The third kappa shape index (κ3) is 2.07. The number of hydrogen-bond acceptors (Lipinski definition) is 4. The highest BCUT2D eigenvalue weighted by molar-refractivity contribution is 6.11. The molecule has 1 aromatic carbocycles. The van der Waals surface area contributed by atoms with Gasteiger partial charge in [-0.1, -0.05) is 6.07 Å². The van der Waals surface area contributed by atoms with Crippen molar-refractivity contribution in [3.63, 3.8) is 0 Å². The van der Waals surface area contributed by atoms with E-state index in [-0.39, 0.29) is 17.2 Å². The normalized spacial score (nSPS) is 12.7. The molecule has 3 heterocycles. The Kier molecular flexibility index (Phi) is 2.90. The summed E-state index contributed by atoms with van der Waals surface area (Å²) >= 11 is 0. The van der Waals surface area contributed by atoms with Crippen LogP contribution in [0.15, 0.2) is 47.8 Å². The topological polar surface area (TPSA) is 55.1 Å². The number of hydrogen-bond donors (Lipinski definition) is 1. The molecule has 0 saturated carbocycles. The van der Waals surface area contributed by atoms with Gasteiger partial charge in [-0.3, -0.25) is 4.98 Å². The largest absolute Gasteiger partial charge is 0.336 e. The highest BCUT2D eigenvalue weighted by atomic mass is 19.1. The minimum absolute atomic E-state index is 0.153. The maximum Gasteiger partial charge on any atom is 0.194 e. The van der Waals surface area contributed by atoms with Crippen LogP contribution in [0.5, 0.6) is 0 Å². The molecule has 1 aliphatic heterocycles. The van der Waals surface area contributed by atoms with E-state index < -0.39 is 17.5 Å². The Morgan fingerprint density at radius 3 is 2.52 bits per heavy atom. The van der Waals surface area contributed by atoms with Gasteiger partial charge in [0, 0.05) is 6.20 Å². The monoisotopic (exact) mass is 315 g/mol. The van der Waals surface area contributed by atoms with Gasteiger partial charge in [0.15, 0.2) is 11.6 Å². The average molecular weight is 315 g/mol. The highest BCUT2D eigenvalue weighted by Gasteiger charge is 2.24. The van der Waals surface area contributed by atoms with Gasteiger partial charge in [-0.2, -0.15) is 5.10 Å². The summed E-state index contributed by atoms with van der Waals surface area (Å²) in [5.41, 5.74) is 0.488. The number of rotatable bonds is 1. The molecule has 0 radical (unpaired) electrons. The zero-order chi connectivity index (χ0) is 16.0. The predicted molar refractivity (Wildman–Crippen MR) is 77.5 cm³/mol. The highest BCUT2D eigenvalue weighted by Crippen LogP contribution is 2.31. The summed E-state index contributed by atoms with van der Waals surface area (Å²) in [5.74, 6) is -2.64. The van der Waals surface area contributed by atoms with E-state index in [4.69, 9.17) is 0 Å². The summed E-state index contributed by atoms with van der Waals surface area (Å²) in [6.45, 7) is 0. The standard InChI is InChI=1S/C15H8F3N5/c16-8-2-1-3-9(17)13(8)14-21-11-7-19-5-4-12(11)23-15(22-14)10(18)6-20-23/h1-7H,(H,21,22). The fourth-order valence-electron chi connectivity index (χ4n) is 2.37. The van der Waals surface area contributed by atoms with Crippen molar-refractivity contribution in [1.82, 2.24) is 14.8 Å². The number of anilines is 1. The van der Waals surface area contributed by atoms with Crippen LogP contribution in [-0.2, 0) is 0 Å². The number of aromatic nitrogens is 3.